The molecule has 0 heterocycles. The van der Waals surface area contributed by atoms with Gasteiger partial charge >= 0.3 is 0 Å². The van der Waals surface area contributed by atoms with E-state index in [9.17, 15) is 13.2 Å². The van der Waals surface area contributed by atoms with Crippen molar-refractivity contribution in [2.75, 3.05) is 17.7 Å². The first-order valence-electron chi connectivity index (χ1n) is 8.83. The van der Waals surface area contributed by atoms with E-state index in [1.165, 1.54) is 0 Å². The maximum atomic E-state index is 12.8. The van der Waals surface area contributed by atoms with Gasteiger partial charge in [-0.1, -0.05) is 36.7 Å². The summed E-state index contributed by atoms with van der Waals surface area (Å²) in [5, 5.41) is 3.26. The first kappa shape index (κ1) is 22.0. The Hall–Kier alpha value is -2.25. The Morgan fingerprint density at radius 3 is 2.36 bits per heavy atom. The SMILES string of the molecule is CC[C@@H](C(=O)NCc1ccc(OC)cc1)N(c1ccc(C)c(Cl)c1)S(C)(=O)=O. The lowest BCUT2D eigenvalue weighted by atomic mass is 10.1. The number of rotatable bonds is 8. The van der Waals surface area contributed by atoms with Gasteiger partial charge in [-0.05, 0) is 48.7 Å². The van der Waals surface area contributed by atoms with E-state index >= 15 is 0 Å². The number of hydrogen-bond acceptors (Lipinski definition) is 4. The van der Waals surface area contributed by atoms with Crippen molar-refractivity contribution in [3.05, 3.63) is 58.6 Å². The lowest BCUT2D eigenvalue weighted by molar-refractivity contribution is -0.122. The average molecular weight is 425 g/mol. The predicted octanol–water partition coefficient (Wildman–Crippen LogP) is 3.52. The van der Waals surface area contributed by atoms with Crippen LogP contribution in [-0.2, 0) is 21.4 Å². The molecule has 28 heavy (non-hydrogen) atoms. The molecular weight excluding hydrogens is 400 g/mol. The van der Waals surface area contributed by atoms with E-state index in [0.29, 0.717) is 17.1 Å². The molecule has 6 nitrogen and oxygen atoms in total. The molecule has 152 valence electrons. The number of hydrogen-bond donors (Lipinski definition) is 1. The highest BCUT2D eigenvalue weighted by atomic mass is 35.5. The second-order valence-corrected chi connectivity index (χ2v) is 8.75. The number of carbonyl (C=O) groups is 1. The summed E-state index contributed by atoms with van der Waals surface area (Å²) in [6.07, 6.45) is 1.40. The number of nitrogens with one attached hydrogen (secondary N) is 1. The molecule has 0 aliphatic heterocycles. The number of ether oxygens (including phenoxy) is 1. The molecule has 0 bridgehead atoms. The Labute approximate surface area is 171 Å². The van der Waals surface area contributed by atoms with Crippen LogP contribution in [0.2, 0.25) is 5.02 Å². The van der Waals surface area contributed by atoms with Crippen molar-refractivity contribution in [3.63, 3.8) is 0 Å². The van der Waals surface area contributed by atoms with Crippen molar-refractivity contribution in [2.45, 2.75) is 32.9 Å². The van der Waals surface area contributed by atoms with Gasteiger partial charge < -0.3 is 10.1 Å². The fourth-order valence-corrected chi connectivity index (χ4v) is 4.21. The summed E-state index contributed by atoms with van der Waals surface area (Å²) in [4.78, 5) is 12.8. The summed E-state index contributed by atoms with van der Waals surface area (Å²) >= 11 is 6.17. The zero-order valence-corrected chi connectivity index (χ0v) is 18.0. The van der Waals surface area contributed by atoms with Crippen LogP contribution in [0.4, 0.5) is 5.69 Å². The predicted molar refractivity (Wildman–Crippen MR) is 112 cm³/mol. The highest BCUT2D eigenvalue weighted by Crippen LogP contribution is 2.27. The quantitative estimate of drug-likeness (QED) is 0.703. The van der Waals surface area contributed by atoms with Gasteiger partial charge in [0.05, 0.1) is 19.1 Å². The van der Waals surface area contributed by atoms with Gasteiger partial charge in [-0.25, -0.2) is 8.42 Å². The number of aryl methyl sites for hydroxylation is 1. The number of sulfonamides is 1. The molecule has 1 atom stereocenters. The number of anilines is 1. The van der Waals surface area contributed by atoms with E-state index in [1.807, 2.05) is 19.1 Å². The molecule has 1 amide bonds. The van der Waals surface area contributed by atoms with Gasteiger partial charge in [0.15, 0.2) is 0 Å². The molecule has 0 aliphatic rings. The molecule has 0 saturated heterocycles. The lowest BCUT2D eigenvalue weighted by Crippen LogP contribution is -2.49. The highest BCUT2D eigenvalue weighted by Gasteiger charge is 2.31. The number of amides is 1. The topological polar surface area (TPSA) is 75.7 Å². The van der Waals surface area contributed by atoms with Crippen molar-refractivity contribution in [3.8, 4) is 5.75 Å². The fourth-order valence-electron chi connectivity index (χ4n) is 2.83. The van der Waals surface area contributed by atoms with Gasteiger partial charge in [-0.2, -0.15) is 0 Å². The Bertz CT molecular complexity index is 930. The third-order valence-electron chi connectivity index (χ3n) is 4.37. The van der Waals surface area contributed by atoms with Gasteiger partial charge in [0.2, 0.25) is 15.9 Å². The van der Waals surface area contributed by atoms with Gasteiger partial charge in [-0.3, -0.25) is 9.10 Å². The molecule has 0 radical (unpaired) electrons. The van der Waals surface area contributed by atoms with Crippen LogP contribution < -0.4 is 14.4 Å². The maximum absolute atomic E-state index is 12.8. The first-order chi connectivity index (χ1) is 13.2. The van der Waals surface area contributed by atoms with Crippen LogP contribution in [0.25, 0.3) is 0 Å². The lowest BCUT2D eigenvalue weighted by Gasteiger charge is -2.30. The number of benzene rings is 2. The number of carbonyl (C=O) groups excluding carboxylic acids is 1. The van der Waals surface area contributed by atoms with Crippen molar-refractivity contribution in [2.24, 2.45) is 0 Å². The van der Waals surface area contributed by atoms with Crippen molar-refractivity contribution in [1.29, 1.82) is 0 Å². The number of nitrogens with zero attached hydrogens (tertiary/aromatic N) is 1. The van der Waals surface area contributed by atoms with Gasteiger partial charge in [0, 0.05) is 11.6 Å². The minimum atomic E-state index is -3.70. The zero-order valence-electron chi connectivity index (χ0n) is 16.4. The van der Waals surface area contributed by atoms with Gasteiger partial charge in [0.1, 0.15) is 11.8 Å². The third-order valence-corrected chi connectivity index (χ3v) is 5.95. The Balaban J connectivity index is 2.24. The minimum Gasteiger partial charge on any atom is -0.497 e. The monoisotopic (exact) mass is 424 g/mol. The third kappa shape index (κ3) is 5.39. The van der Waals surface area contributed by atoms with Crippen LogP contribution in [0.15, 0.2) is 42.5 Å². The fraction of sp³-hybridized carbons (Fsp3) is 0.350. The largest absolute Gasteiger partial charge is 0.497 e. The zero-order chi connectivity index (χ0) is 20.9. The second kappa shape index (κ2) is 9.30. The average Bonchev–Trinajstić information content (AvgIpc) is 2.66. The normalized spacial score (nSPS) is 12.3. The standard InChI is InChI=1S/C20H25ClN2O4S/c1-5-19(20(24)22-13-15-7-10-17(27-3)11-8-15)23(28(4,25)26)16-9-6-14(2)18(21)12-16/h6-12,19H,5,13H2,1-4H3,(H,22,24)/t19-/m0/s1. The summed E-state index contributed by atoms with van der Waals surface area (Å²) in [5.74, 6) is 0.349. The Morgan fingerprint density at radius 1 is 1.21 bits per heavy atom. The van der Waals surface area contributed by atoms with Gasteiger partial charge in [0.25, 0.3) is 0 Å². The second-order valence-electron chi connectivity index (χ2n) is 6.48. The maximum Gasteiger partial charge on any atom is 0.244 e. The molecule has 2 rings (SSSR count). The van der Waals surface area contributed by atoms with Crippen LogP contribution in [0, 0.1) is 6.92 Å². The number of methoxy groups -OCH3 is 1. The molecular formula is C20H25ClN2O4S. The summed E-state index contributed by atoms with van der Waals surface area (Å²) in [6.45, 7) is 3.88. The summed E-state index contributed by atoms with van der Waals surface area (Å²) in [5.41, 5.74) is 2.08. The van der Waals surface area contributed by atoms with Crippen LogP contribution in [0.1, 0.15) is 24.5 Å². The Morgan fingerprint density at radius 2 is 1.86 bits per heavy atom. The number of halogens is 1. The van der Waals surface area contributed by atoms with E-state index in [2.05, 4.69) is 5.32 Å². The van der Waals surface area contributed by atoms with Crippen molar-refractivity contribution in [1.82, 2.24) is 5.32 Å². The summed E-state index contributed by atoms with van der Waals surface area (Å²) < 4.78 is 31.2. The molecule has 1 N–H and O–H groups in total. The smallest absolute Gasteiger partial charge is 0.244 e. The first-order valence-corrected chi connectivity index (χ1v) is 11.1. The molecule has 2 aromatic rings. The van der Waals surface area contributed by atoms with E-state index in [1.54, 1.807) is 44.4 Å². The van der Waals surface area contributed by atoms with Crippen LogP contribution >= 0.6 is 11.6 Å². The molecule has 0 fully saturated rings. The minimum absolute atomic E-state index is 0.283. The molecule has 0 aromatic heterocycles. The van der Waals surface area contributed by atoms with E-state index in [4.69, 9.17) is 16.3 Å². The van der Waals surface area contributed by atoms with E-state index < -0.39 is 16.1 Å². The molecule has 0 unspecified atom stereocenters. The highest BCUT2D eigenvalue weighted by molar-refractivity contribution is 7.92. The molecule has 0 spiro atoms. The molecule has 0 saturated carbocycles. The van der Waals surface area contributed by atoms with Gasteiger partial charge in [-0.15, -0.1) is 0 Å². The van der Waals surface area contributed by atoms with Crippen LogP contribution in [-0.4, -0.2) is 33.7 Å². The van der Waals surface area contributed by atoms with E-state index in [-0.39, 0.29) is 12.5 Å². The van der Waals surface area contributed by atoms with Crippen molar-refractivity contribution < 1.29 is 17.9 Å². The van der Waals surface area contributed by atoms with Crippen LogP contribution in [0.3, 0.4) is 0 Å². The van der Waals surface area contributed by atoms with Crippen LogP contribution in [0.5, 0.6) is 5.75 Å². The summed E-state index contributed by atoms with van der Waals surface area (Å²) in [6, 6.07) is 11.4. The summed E-state index contributed by atoms with van der Waals surface area (Å²) in [7, 11) is -2.12. The Kier molecular flexibility index (Phi) is 7.32. The van der Waals surface area contributed by atoms with E-state index in [0.717, 1.165) is 27.4 Å². The molecule has 8 heteroatoms. The molecule has 2 aromatic carbocycles. The molecule has 0 aliphatic carbocycles. The van der Waals surface area contributed by atoms with Crippen molar-refractivity contribution >= 4 is 33.2 Å².